The number of benzene rings is 1. The van der Waals surface area contributed by atoms with Gasteiger partial charge in [-0.2, -0.15) is 8.42 Å². The molecule has 0 unspecified atom stereocenters. The molecule has 0 saturated carbocycles. The normalized spacial score (nSPS) is 11.7. The van der Waals surface area contributed by atoms with E-state index in [0.717, 1.165) is 31.2 Å². The van der Waals surface area contributed by atoms with E-state index in [-0.39, 0.29) is 11.5 Å². The molecule has 0 aliphatic heterocycles. The van der Waals surface area contributed by atoms with E-state index in [1.807, 2.05) is 6.92 Å². The lowest BCUT2D eigenvalue weighted by Crippen LogP contribution is -2.03. The lowest BCUT2D eigenvalue weighted by molar-refractivity contribution is 0.282. The Hall–Kier alpha value is -0.910. The quantitative estimate of drug-likeness (QED) is 0.590. The van der Waals surface area contributed by atoms with Crippen molar-refractivity contribution in [3.8, 4) is 0 Å². The van der Waals surface area contributed by atoms with Gasteiger partial charge in [0.2, 0.25) is 0 Å². The van der Waals surface area contributed by atoms with Crippen LogP contribution in [0.1, 0.15) is 36.8 Å². The molecule has 0 spiro atoms. The molecule has 1 rings (SSSR count). The number of aryl methyl sites for hydroxylation is 2. The maximum absolute atomic E-state index is 11.2. The van der Waals surface area contributed by atoms with E-state index >= 15 is 0 Å². The molecule has 5 heteroatoms. The first kappa shape index (κ1) is 15.1. The van der Waals surface area contributed by atoms with E-state index in [1.54, 1.807) is 12.1 Å². The summed E-state index contributed by atoms with van der Waals surface area (Å²) >= 11 is 0. The standard InChI is InChI=1S/C13H20O4S/c1-11-7-8-13(18(15,16)17)12(10-11)6-4-2-3-5-9-14/h7-8,10,14H,2-6,9H2,1H3,(H,15,16,17). The van der Waals surface area contributed by atoms with Crippen molar-refractivity contribution in [2.75, 3.05) is 6.61 Å². The number of aliphatic hydroxyl groups excluding tert-OH is 1. The molecule has 0 aliphatic carbocycles. The molecule has 0 amide bonds. The van der Waals surface area contributed by atoms with Crippen molar-refractivity contribution < 1.29 is 18.1 Å². The van der Waals surface area contributed by atoms with Gasteiger partial charge in [-0.05, 0) is 37.8 Å². The van der Waals surface area contributed by atoms with Crippen LogP contribution in [0.25, 0.3) is 0 Å². The average molecular weight is 272 g/mol. The highest BCUT2D eigenvalue weighted by Crippen LogP contribution is 2.19. The van der Waals surface area contributed by atoms with Gasteiger partial charge in [-0.25, -0.2) is 0 Å². The van der Waals surface area contributed by atoms with Crippen molar-refractivity contribution in [2.45, 2.75) is 43.9 Å². The summed E-state index contributed by atoms with van der Waals surface area (Å²) in [5, 5.41) is 8.66. The summed E-state index contributed by atoms with van der Waals surface area (Å²) in [5.74, 6) is 0. The second-order valence-electron chi connectivity index (χ2n) is 4.47. The second-order valence-corrected chi connectivity index (χ2v) is 5.86. The minimum Gasteiger partial charge on any atom is -0.396 e. The van der Waals surface area contributed by atoms with E-state index in [9.17, 15) is 8.42 Å². The average Bonchev–Trinajstić information content (AvgIpc) is 2.27. The van der Waals surface area contributed by atoms with Gasteiger partial charge in [0, 0.05) is 6.61 Å². The van der Waals surface area contributed by atoms with Gasteiger partial charge in [0.05, 0.1) is 4.90 Å². The van der Waals surface area contributed by atoms with E-state index in [2.05, 4.69) is 0 Å². The molecule has 0 saturated heterocycles. The molecule has 0 fully saturated rings. The van der Waals surface area contributed by atoms with Crippen molar-refractivity contribution in [1.29, 1.82) is 0 Å². The molecule has 0 heterocycles. The lowest BCUT2D eigenvalue weighted by Gasteiger charge is -2.08. The zero-order valence-electron chi connectivity index (χ0n) is 10.6. The number of hydrogen-bond donors (Lipinski definition) is 2. The molecule has 2 N–H and O–H groups in total. The van der Waals surface area contributed by atoms with Crippen LogP contribution < -0.4 is 0 Å². The predicted molar refractivity (Wildman–Crippen MR) is 70.3 cm³/mol. The summed E-state index contributed by atoms with van der Waals surface area (Å²) in [5.41, 5.74) is 1.65. The first-order valence-corrected chi connectivity index (χ1v) is 7.57. The molecule has 1 aromatic carbocycles. The Kier molecular flexibility index (Phi) is 5.78. The molecular weight excluding hydrogens is 252 g/mol. The highest BCUT2D eigenvalue weighted by Gasteiger charge is 2.14. The number of hydrogen-bond acceptors (Lipinski definition) is 3. The third-order valence-corrected chi connectivity index (χ3v) is 3.80. The molecule has 0 bridgehead atoms. The summed E-state index contributed by atoms with van der Waals surface area (Å²) in [4.78, 5) is 0.00950. The fourth-order valence-corrected chi connectivity index (χ4v) is 2.67. The third-order valence-electron chi connectivity index (χ3n) is 2.85. The molecular formula is C13H20O4S. The van der Waals surface area contributed by atoms with E-state index in [4.69, 9.17) is 9.66 Å². The van der Waals surface area contributed by atoms with Crippen molar-refractivity contribution in [2.24, 2.45) is 0 Å². The van der Waals surface area contributed by atoms with Gasteiger partial charge in [0.15, 0.2) is 0 Å². The fraction of sp³-hybridized carbons (Fsp3) is 0.538. The third kappa shape index (κ3) is 4.76. The molecule has 0 aliphatic rings. The number of rotatable bonds is 7. The minimum absolute atomic E-state index is 0.00950. The predicted octanol–water partition coefficient (Wildman–Crippen LogP) is 2.34. The first-order chi connectivity index (χ1) is 8.45. The Labute approximate surface area is 108 Å². The molecule has 102 valence electrons. The summed E-state index contributed by atoms with van der Waals surface area (Å²) in [7, 11) is -4.14. The molecule has 4 nitrogen and oxygen atoms in total. The second kappa shape index (κ2) is 6.87. The maximum atomic E-state index is 11.2. The number of unbranched alkanes of at least 4 members (excludes halogenated alkanes) is 3. The summed E-state index contributed by atoms with van der Waals surface area (Å²) < 4.78 is 31.6. The van der Waals surface area contributed by atoms with Gasteiger partial charge in [-0.1, -0.05) is 30.5 Å². The van der Waals surface area contributed by atoms with Crippen LogP contribution in [0.5, 0.6) is 0 Å². The Bertz CT molecular complexity index is 480. The van der Waals surface area contributed by atoms with Crippen LogP contribution in [0.2, 0.25) is 0 Å². The first-order valence-electron chi connectivity index (χ1n) is 6.13. The van der Waals surface area contributed by atoms with E-state index < -0.39 is 10.1 Å². The summed E-state index contributed by atoms with van der Waals surface area (Å²) in [6.07, 6.45) is 4.14. The Morgan fingerprint density at radius 2 is 1.78 bits per heavy atom. The SMILES string of the molecule is Cc1ccc(S(=O)(=O)O)c(CCCCCCO)c1. The van der Waals surface area contributed by atoms with Gasteiger partial charge in [-0.15, -0.1) is 0 Å². The van der Waals surface area contributed by atoms with Crippen molar-refractivity contribution in [1.82, 2.24) is 0 Å². The van der Waals surface area contributed by atoms with Gasteiger partial charge in [-0.3, -0.25) is 4.55 Å². The Morgan fingerprint density at radius 1 is 1.11 bits per heavy atom. The Morgan fingerprint density at radius 3 is 2.39 bits per heavy atom. The van der Waals surface area contributed by atoms with E-state index in [0.29, 0.717) is 12.0 Å². The largest absolute Gasteiger partial charge is 0.396 e. The van der Waals surface area contributed by atoms with Crippen molar-refractivity contribution in [3.05, 3.63) is 29.3 Å². The monoisotopic (exact) mass is 272 g/mol. The Balaban J connectivity index is 2.72. The van der Waals surface area contributed by atoms with E-state index in [1.165, 1.54) is 6.07 Å². The topological polar surface area (TPSA) is 74.6 Å². The zero-order valence-corrected chi connectivity index (χ0v) is 11.4. The molecule has 0 radical (unpaired) electrons. The molecule has 0 aromatic heterocycles. The van der Waals surface area contributed by atoms with Crippen LogP contribution in [0.4, 0.5) is 0 Å². The van der Waals surface area contributed by atoms with Crippen molar-refractivity contribution in [3.63, 3.8) is 0 Å². The molecule has 18 heavy (non-hydrogen) atoms. The summed E-state index contributed by atoms with van der Waals surface area (Å²) in [6.45, 7) is 2.09. The smallest absolute Gasteiger partial charge is 0.294 e. The fourth-order valence-electron chi connectivity index (χ4n) is 1.94. The van der Waals surface area contributed by atoms with Crippen LogP contribution in [0, 0.1) is 6.92 Å². The molecule has 1 aromatic rings. The van der Waals surface area contributed by atoms with Crippen LogP contribution in [0.3, 0.4) is 0 Å². The van der Waals surface area contributed by atoms with Crippen molar-refractivity contribution >= 4 is 10.1 Å². The maximum Gasteiger partial charge on any atom is 0.294 e. The highest BCUT2D eigenvalue weighted by atomic mass is 32.2. The van der Waals surface area contributed by atoms with Gasteiger partial charge < -0.3 is 5.11 Å². The van der Waals surface area contributed by atoms with Gasteiger partial charge in [0.1, 0.15) is 0 Å². The van der Waals surface area contributed by atoms with Gasteiger partial charge in [0.25, 0.3) is 10.1 Å². The molecule has 0 atom stereocenters. The van der Waals surface area contributed by atoms with Crippen LogP contribution in [0.15, 0.2) is 23.1 Å². The van der Waals surface area contributed by atoms with Gasteiger partial charge >= 0.3 is 0 Å². The minimum atomic E-state index is -4.14. The van der Waals surface area contributed by atoms with Crippen LogP contribution >= 0.6 is 0 Å². The lowest BCUT2D eigenvalue weighted by atomic mass is 10.0. The van der Waals surface area contributed by atoms with Crippen LogP contribution in [-0.2, 0) is 16.5 Å². The van der Waals surface area contributed by atoms with Crippen LogP contribution in [-0.4, -0.2) is 24.7 Å². The highest BCUT2D eigenvalue weighted by molar-refractivity contribution is 7.85. The number of aliphatic hydroxyl groups is 1. The zero-order chi connectivity index (χ0) is 13.6. The summed E-state index contributed by atoms with van der Waals surface area (Å²) in [6, 6.07) is 4.93.